The van der Waals surface area contributed by atoms with E-state index in [1.807, 2.05) is 6.08 Å². The Balaban J connectivity index is 0.00000242. The average Bonchev–Trinajstić information content (AvgIpc) is 2.53. The van der Waals surface area contributed by atoms with E-state index in [-0.39, 0.29) is 12.4 Å². The van der Waals surface area contributed by atoms with E-state index in [0.717, 1.165) is 37.9 Å². The molecule has 22 heavy (non-hydrogen) atoms. The summed E-state index contributed by atoms with van der Waals surface area (Å²) in [4.78, 5) is 11.8. The molecule has 2 rings (SSSR count). The van der Waals surface area contributed by atoms with E-state index in [9.17, 15) is 13.2 Å². The van der Waals surface area contributed by atoms with Crippen molar-refractivity contribution in [3.05, 3.63) is 11.6 Å². The fraction of sp³-hybridized carbons (Fsp3) is 0.786. The molecule has 128 valence electrons. The second kappa shape index (κ2) is 8.86. The largest absolute Gasteiger partial charge is 0.469 e. The highest BCUT2D eigenvalue weighted by atomic mass is 35.5. The van der Waals surface area contributed by atoms with Gasteiger partial charge in [0.15, 0.2) is 0 Å². The van der Waals surface area contributed by atoms with E-state index in [4.69, 9.17) is 4.74 Å². The third-order valence-electron chi connectivity index (χ3n) is 4.26. The highest BCUT2D eigenvalue weighted by molar-refractivity contribution is 7.90. The zero-order valence-electron chi connectivity index (χ0n) is 12.8. The molecule has 0 amide bonds. The van der Waals surface area contributed by atoms with Crippen LogP contribution >= 0.6 is 12.4 Å². The minimum atomic E-state index is -3.50. The number of rotatable bonds is 5. The van der Waals surface area contributed by atoms with Crippen LogP contribution in [-0.2, 0) is 19.6 Å². The van der Waals surface area contributed by atoms with Crippen molar-refractivity contribution in [2.75, 3.05) is 26.7 Å². The Morgan fingerprint density at radius 2 is 2.14 bits per heavy atom. The number of carbonyl (C=O) groups excluding carboxylic acids is 1. The summed E-state index contributed by atoms with van der Waals surface area (Å²) >= 11 is 0. The van der Waals surface area contributed by atoms with Gasteiger partial charge >= 0.3 is 5.97 Å². The summed E-state index contributed by atoms with van der Waals surface area (Å²) in [5, 5.41) is 2.52. The average molecular weight is 353 g/mol. The van der Waals surface area contributed by atoms with Crippen molar-refractivity contribution >= 4 is 28.4 Å². The van der Waals surface area contributed by atoms with Gasteiger partial charge in [-0.3, -0.25) is 4.79 Å². The minimum Gasteiger partial charge on any atom is -0.469 e. The molecule has 0 saturated heterocycles. The second-order valence-corrected chi connectivity index (χ2v) is 7.62. The maximum absolute atomic E-state index is 12.5. The van der Waals surface area contributed by atoms with Gasteiger partial charge in [0.1, 0.15) is 0 Å². The van der Waals surface area contributed by atoms with Crippen molar-refractivity contribution < 1.29 is 17.9 Å². The van der Waals surface area contributed by atoms with Crippen LogP contribution in [0, 0.1) is 5.92 Å². The third-order valence-corrected chi connectivity index (χ3v) is 6.17. The number of sulfonamides is 1. The smallest absolute Gasteiger partial charge is 0.310 e. The Morgan fingerprint density at radius 1 is 1.41 bits per heavy atom. The molecule has 1 aliphatic carbocycles. The molecular weight excluding hydrogens is 328 g/mol. The Bertz CT molecular complexity index is 507. The van der Waals surface area contributed by atoms with Crippen molar-refractivity contribution in [3.63, 3.8) is 0 Å². The van der Waals surface area contributed by atoms with Gasteiger partial charge in [-0.1, -0.05) is 24.5 Å². The van der Waals surface area contributed by atoms with Crippen LogP contribution in [0.2, 0.25) is 0 Å². The van der Waals surface area contributed by atoms with Gasteiger partial charge in [-0.15, -0.1) is 12.4 Å². The molecule has 2 N–H and O–H groups in total. The predicted molar refractivity (Wildman–Crippen MR) is 87.5 cm³/mol. The number of halogens is 1. The van der Waals surface area contributed by atoms with Crippen molar-refractivity contribution in [1.29, 1.82) is 0 Å². The molecule has 0 bridgehead atoms. The third kappa shape index (κ3) is 4.94. The quantitative estimate of drug-likeness (QED) is 0.569. The van der Waals surface area contributed by atoms with Crippen molar-refractivity contribution in [2.24, 2.45) is 5.92 Å². The lowest BCUT2D eigenvalue weighted by Crippen LogP contribution is -2.44. The molecule has 0 spiro atoms. The molecule has 1 heterocycles. The van der Waals surface area contributed by atoms with E-state index in [1.165, 1.54) is 7.11 Å². The number of hydrogen-bond donors (Lipinski definition) is 2. The summed E-state index contributed by atoms with van der Waals surface area (Å²) in [7, 11) is -2.19. The monoisotopic (exact) mass is 352 g/mol. The number of esters is 1. The van der Waals surface area contributed by atoms with Crippen LogP contribution in [0.25, 0.3) is 0 Å². The van der Waals surface area contributed by atoms with Crippen molar-refractivity contribution in [2.45, 2.75) is 37.4 Å². The summed E-state index contributed by atoms with van der Waals surface area (Å²) in [5.74, 6) is -0.950. The van der Waals surface area contributed by atoms with E-state index >= 15 is 0 Å². The summed E-state index contributed by atoms with van der Waals surface area (Å²) in [5.41, 5.74) is 1.10. The number of ether oxygens (including phenoxy) is 1. The minimum absolute atomic E-state index is 0. The van der Waals surface area contributed by atoms with Gasteiger partial charge in [0.2, 0.25) is 10.0 Å². The Labute approximate surface area is 138 Å². The van der Waals surface area contributed by atoms with Crippen LogP contribution in [0.4, 0.5) is 0 Å². The van der Waals surface area contributed by atoms with E-state index in [0.29, 0.717) is 19.4 Å². The van der Waals surface area contributed by atoms with Crippen LogP contribution in [-0.4, -0.2) is 46.4 Å². The molecular formula is C14H25ClN2O4S. The fourth-order valence-corrected chi connectivity index (χ4v) is 4.78. The number of methoxy groups -OCH3 is 1. The lowest BCUT2D eigenvalue weighted by atomic mass is 9.89. The summed E-state index contributed by atoms with van der Waals surface area (Å²) in [6.07, 6.45) is 5.70. The molecule has 0 aromatic heterocycles. The Hall–Kier alpha value is -0.630. The van der Waals surface area contributed by atoms with Gasteiger partial charge in [0.25, 0.3) is 0 Å². The molecule has 0 aromatic carbocycles. The first-order valence-electron chi connectivity index (χ1n) is 7.49. The SMILES string of the molecule is COC(=O)C1CCCCC1S(=O)(=O)NCC1=CCNCC1.Cl. The van der Waals surface area contributed by atoms with Crippen LogP contribution in [0.5, 0.6) is 0 Å². The molecule has 0 aromatic rings. The summed E-state index contributed by atoms with van der Waals surface area (Å²) < 4.78 is 32.4. The van der Waals surface area contributed by atoms with Gasteiger partial charge < -0.3 is 10.1 Å². The van der Waals surface area contributed by atoms with Gasteiger partial charge in [0.05, 0.1) is 18.3 Å². The predicted octanol–water partition coefficient (Wildman–Crippen LogP) is 0.979. The highest BCUT2D eigenvalue weighted by Gasteiger charge is 2.40. The zero-order chi connectivity index (χ0) is 15.3. The topological polar surface area (TPSA) is 84.5 Å². The van der Waals surface area contributed by atoms with E-state index < -0.39 is 27.2 Å². The first-order chi connectivity index (χ1) is 10.0. The maximum atomic E-state index is 12.5. The highest BCUT2D eigenvalue weighted by Crippen LogP contribution is 2.30. The van der Waals surface area contributed by atoms with Crippen LogP contribution in [0.3, 0.4) is 0 Å². The van der Waals surface area contributed by atoms with Crippen LogP contribution in [0.15, 0.2) is 11.6 Å². The number of carbonyl (C=O) groups is 1. The molecule has 6 nitrogen and oxygen atoms in total. The summed E-state index contributed by atoms with van der Waals surface area (Å²) in [6.45, 7) is 2.00. The van der Waals surface area contributed by atoms with Gasteiger partial charge in [-0.25, -0.2) is 13.1 Å². The molecule has 2 atom stereocenters. The molecule has 0 radical (unpaired) electrons. The Morgan fingerprint density at radius 3 is 2.77 bits per heavy atom. The molecule has 1 saturated carbocycles. The zero-order valence-corrected chi connectivity index (χ0v) is 14.5. The van der Waals surface area contributed by atoms with Crippen molar-refractivity contribution in [1.82, 2.24) is 10.0 Å². The van der Waals surface area contributed by atoms with Gasteiger partial charge in [-0.05, 0) is 25.8 Å². The maximum Gasteiger partial charge on any atom is 0.310 e. The van der Waals surface area contributed by atoms with Crippen LogP contribution in [0.1, 0.15) is 32.1 Å². The number of hydrogen-bond acceptors (Lipinski definition) is 5. The van der Waals surface area contributed by atoms with Crippen LogP contribution < -0.4 is 10.0 Å². The number of nitrogens with one attached hydrogen (secondary N) is 2. The standard InChI is InChI=1S/C14H24N2O4S.ClH/c1-20-14(17)12-4-2-3-5-13(12)21(18,19)16-10-11-6-8-15-9-7-11;/h6,12-13,15-16H,2-5,7-10H2,1H3;1H. The first kappa shape index (κ1) is 19.4. The first-order valence-corrected chi connectivity index (χ1v) is 9.04. The summed E-state index contributed by atoms with van der Waals surface area (Å²) in [6, 6.07) is 0. The van der Waals surface area contributed by atoms with Gasteiger partial charge in [-0.2, -0.15) is 0 Å². The lowest BCUT2D eigenvalue weighted by Gasteiger charge is -2.29. The molecule has 8 heteroatoms. The Kier molecular flexibility index (Phi) is 7.82. The van der Waals surface area contributed by atoms with Crippen molar-refractivity contribution in [3.8, 4) is 0 Å². The van der Waals surface area contributed by atoms with E-state index in [1.54, 1.807) is 0 Å². The second-order valence-electron chi connectivity index (χ2n) is 5.64. The van der Waals surface area contributed by atoms with Gasteiger partial charge in [0, 0.05) is 13.1 Å². The molecule has 1 fully saturated rings. The van der Waals surface area contributed by atoms with E-state index in [2.05, 4.69) is 10.0 Å². The molecule has 2 unspecified atom stereocenters. The normalized spacial score (nSPS) is 25.8. The molecule has 1 aliphatic heterocycles. The fourth-order valence-electron chi connectivity index (χ4n) is 3.02. The lowest BCUT2D eigenvalue weighted by molar-refractivity contribution is -0.146. The molecule has 2 aliphatic rings.